The minimum absolute atomic E-state index is 0.119. The molecule has 114 valence electrons. The number of nitrogens with zero attached hydrogens (tertiary/aromatic N) is 2. The molecule has 0 aromatic carbocycles. The van der Waals surface area contributed by atoms with Crippen molar-refractivity contribution in [3.63, 3.8) is 0 Å². The number of nitrogens with one attached hydrogen (secondary N) is 1. The zero-order chi connectivity index (χ0) is 14.3. The smallest absolute Gasteiger partial charge is 0.0610 e. The van der Waals surface area contributed by atoms with Crippen LogP contribution in [0.4, 0.5) is 0 Å². The Morgan fingerprint density at radius 3 is 2.47 bits per heavy atom. The number of hydrogen-bond donors (Lipinski definition) is 2. The fourth-order valence-electron chi connectivity index (χ4n) is 2.86. The number of aliphatic hydroxyl groups is 1. The Hall–Kier alpha value is -0.160. The van der Waals surface area contributed by atoms with Gasteiger partial charge in [0.15, 0.2) is 0 Å². The second-order valence-corrected chi connectivity index (χ2v) is 6.22. The van der Waals surface area contributed by atoms with Crippen LogP contribution in [0.25, 0.3) is 0 Å². The van der Waals surface area contributed by atoms with Crippen LogP contribution in [0.1, 0.15) is 39.5 Å². The standard InChI is InChI=1S/C15H33N3O/c1-5-18-11-7-14(8-12-18)17(4)10-6-9-15(2,13-19)16-3/h14,16,19H,5-13H2,1-4H3. The molecule has 0 aromatic rings. The van der Waals surface area contributed by atoms with Crippen LogP contribution < -0.4 is 5.32 Å². The van der Waals surface area contributed by atoms with Gasteiger partial charge in [-0.2, -0.15) is 0 Å². The Balaban J connectivity index is 2.23. The molecule has 0 radical (unpaired) electrons. The molecule has 1 atom stereocenters. The van der Waals surface area contributed by atoms with Gasteiger partial charge in [-0.05, 0) is 72.9 Å². The Morgan fingerprint density at radius 1 is 1.37 bits per heavy atom. The highest BCUT2D eigenvalue weighted by molar-refractivity contribution is 4.82. The summed E-state index contributed by atoms with van der Waals surface area (Å²) in [6.45, 7) is 9.36. The molecule has 0 aliphatic carbocycles. The maximum absolute atomic E-state index is 9.37. The fourth-order valence-corrected chi connectivity index (χ4v) is 2.86. The van der Waals surface area contributed by atoms with E-state index < -0.39 is 0 Å². The van der Waals surface area contributed by atoms with Crippen molar-refractivity contribution in [2.75, 3.05) is 46.9 Å². The van der Waals surface area contributed by atoms with Gasteiger partial charge in [0, 0.05) is 11.6 Å². The number of hydrogen-bond acceptors (Lipinski definition) is 4. The average molecular weight is 271 g/mol. The molecule has 1 aliphatic rings. The number of likely N-dealkylation sites (tertiary alicyclic amines) is 1. The molecule has 1 unspecified atom stereocenters. The molecule has 1 saturated heterocycles. The summed E-state index contributed by atoms with van der Waals surface area (Å²) in [4.78, 5) is 5.05. The molecule has 0 amide bonds. The lowest BCUT2D eigenvalue weighted by atomic mass is 9.96. The van der Waals surface area contributed by atoms with Crippen molar-refractivity contribution in [2.45, 2.75) is 51.1 Å². The zero-order valence-corrected chi connectivity index (χ0v) is 13.3. The lowest BCUT2D eigenvalue weighted by Crippen LogP contribution is -2.45. The Bertz CT molecular complexity index is 236. The molecule has 4 nitrogen and oxygen atoms in total. The van der Waals surface area contributed by atoms with Crippen LogP contribution in [0.5, 0.6) is 0 Å². The lowest BCUT2D eigenvalue weighted by molar-refractivity contribution is 0.122. The number of aliphatic hydroxyl groups excluding tert-OH is 1. The van der Waals surface area contributed by atoms with Gasteiger partial charge >= 0.3 is 0 Å². The van der Waals surface area contributed by atoms with Gasteiger partial charge in [-0.1, -0.05) is 6.92 Å². The van der Waals surface area contributed by atoms with E-state index in [1.165, 1.54) is 32.5 Å². The average Bonchev–Trinajstić information content (AvgIpc) is 2.47. The summed E-state index contributed by atoms with van der Waals surface area (Å²) in [6, 6.07) is 0.748. The van der Waals surface area contributed by atoms with Gasteiger partial charge < -0.3 is 20.2 Å². The van der Waals surface area contributed by atoms with Crippen LogP contribution in [-0.2, 0) is 0 Å². The molecular formula is C15H33N3O. The summed E-state index contributed by atoms with van der Waals surface area (Å²) in [6.07, 6.45) is 4.77. The summed E-state index contributed by atoms with van der Waals surface area (Å²) < 4.78 is 0. The van der Waals surface area contributed by atoms with Crippen molar-refractivity contribution in [3.05, 3.63) is 0 Å². The van der Waals surface area contributed by atoms with E-state index in [1.54, 1.807) is 0 Å². The van der Waals surface area contributed by atoms with Gasteiger partial charge in [0.1, 0.15) is 0 Å². The van der Waals surface area contributed by atoms with Crippen molar-refractivity contribution in [1.29, 1.82) is 0 Å². The summed E-state index contributed by atoms with van der Waals surface area (Å²) in [5.74, 6) is 0. The van der Waals surface area contributed by atoms with E-state index in [1.807, 2.05) is 7.05 Å². The van der Waals surface area contributed by atoms with Crippen molar-refractivity contribution in [3.8, 4) is 0 Å². The van der Waals surface area contributed by atoms with E-state index in [0.717, 1.165) is 25.4 Å². The van der Waals surface area contributed by atoms with E-state index in [0.29, 0.717) is 0 Å². The maximum Gasteiger partial charge on any atom is 0.0610 e. The van der Waals surface area contributed by atoms with Gasteiger partial charge in [0.25, 0.3) is 0 Å². The molecular weight excluding hydrogens is 238 g/mol. The van der Waals surface area contributed by atoms with Gasteiger partial charge in [0.05, 0.1) is 6.61 Å². The predicted octanol–water partition coefficient (Wildman–Crippen LogP) is 1.15. The third kappa shape index (κ3) is 5.38. The van der Waals surface area contributed by atoms with Crippen LogP contribution in [0.2, 0.25) is 0 Å². The largest absolute Gasteiger partial charge is 0.394 e. The Morgan fingerprint density at radius 2 is 2.00 bits per heavy atom. The Kier molecular flexibility index (Phi) is 7.29. The van der Waals surface area contributed by atoms with E-state index in [9.17, 15) is 5.11 Å². The monoisotopic (exact) mass is 271 g/mol. The number of rotatable bonds is 8. The van der Waals surface area contributed by atoms with Crippen LogP contribution in [0.3, 0.4) is 0 Å². The SMILES string of the molecule is CCN1CCC(N(C)CCCC(C)(CO)NC)CC1. The van der Waals surface area contributed by atoms with Crippen LogP contribution in [-0.4, -0.2) is 73.4 Å². The fraction of sp³-hybridized carbons (Fsp3) is 1.00. The summed E-state index contributed by atoms with van der Waals surface area (Å²) in [5.41, 5.74) is -0.119. The van der Waals surface area contributed by atoms with E-state index in [4.69, 9.17) is 0 Å². The highest BCUT2D eigenvalue weighted by Gasteiger charge is 2.23. The van der Waals surface area contributed by atoms with Crippen molar-refractivity contribution >= 4 is 0 Å². The normalized spacial score (nSPS) is 21.8. The second-order valence-electron chi connectivity index (χ2n) is 6.22. The molecule has 0 spiro atoms. The first-order chi connectivity index (χ1) is 9.04. The lowest BCUT2D eigenvalue weighted by Gasteiger charge is -2.37. The maximum atomic E-state index is 9.37. The topological polar surface area (TPSA) is 38.7 Å². The first-order valence-corrected chi connectivity index (χ1v) is 7.77. The molecule has 19 heavy (non-hydrogen) atoms. The summed E-state index contributed by atoms with van der Waals surface area (Å²) in [5, 5.41) is 12.6. The third-order valence-corrected chi connectivity index (χ3v) is 4.82. The van der Waals surface area contributed by atoms with Crippen LogP contribution in [0, 0.1) is 0 Å². The molecule has 1 heterocycles. The quantitative estimate of drug-likeness (QED) is 0.695. The van der Waals surface area contributed by atoms with Gasteiger partial charge in [-0.3, -0.25) is 0 Å². The minimum atomic E-state index is -0.119. The van der Waals surface area contributed by atoms with Crippen LogP contribution in [0.15, 0.2) is 0 Å². The summed E-state index contributed by atoms with van der Waals surface area (Å²) >= 11 is 0. The summed E-state index contributed by atoms with van der Waals surface area (Å²) in [7, 11) is 4.18. The zero-order valence-electron chi connectivity index (χ0n) is 13.3. The van der Waals surface area contributed by atoms with Crippen molar-refractivity contribution in [2.24, 2.45) is 0 Å². The first-order valence-electron chi connectivity index (χ1n) is 7.77. The molecule has 2 N–H and O–H groups in total. The van der Waals surface area contributed by atoms with Gasteiger partial charge in [-0.25, -0.2) is 0 Å². The molecule has 4 heteroatoms. The van der Waals surface area contributed by atoms with Gasteiger partial charge in [0.2, 0.25) is 0 Å². The molecule has 1 aliphatic heterocycles. The predicted molar refractivity (Wildman–Crippen MR) is 81.6 cm³/mol. The third-order valence-electron chi connectivity index (χ3n) is 4.82. The van der Waals surface area contributed by atoms with Crippen molar-refractivity contribution in [1.82, 2.24) is 15.1 Å². The minimum Gasteiger partial charge on any atom is -0.394 e. The van der Waals surface area contributed by atoms with E-state index in [2.05, 4.69) is 36.0 Å². The second kappa shape index (κ2) is 8.20. The molecule has 0 aromatic heterocycles. The van der Waals surface area contributed by atoms with Crippen LogP contribution >= 0.6 is 0 Å². The number of likely N-dealkylation sites (N-methyl/N-ethyl adjacent to an activating group) is 1. The highest BCUT2D eigenvalue weighted by atomic mass is 16.3. The molecule has 1 rings (SSSR count). The first kappa shape index (κ1) is 16.9. The van der Waals surface area contributed by atoms with E-state index in [-0.39, 0.29) is 12.1 Å². The Labute approximate surface area is 119 Å². The molecule has 0 bridgehead atoms. The highest BCUT2D eigenvalue weighted by Crippen LogP contribution is 2.17. The van der Waals surface area contributed by atoms with Gasteiger partial charge in [-0.15, -0.1) is 0 Å². The van der Waals surface area contributed by atoms with Crippen molar-refractivity contribution < 1.29 is 5.11 Å². The molecule has 1 fully saturated rings. The van der Waals surface area contributed by atoms with E-state index >= 15 is 0 Å². The molecule has 0 saturated carbocycles. The number of piperidine rings is 1.